The maximum Gasteiger partial charge on any atom is 0.124 e. The topological polar surface area (TPSA) is 20.2 Å². The van der Waals surface area contributed by atoms with Crippen LogP contribution in [0.5, 0.6) is 0 Å². The van der Waals surface area contributed by atoms with Crippen molar-refractivity contribution in [2.24, 2.45) is 0 Å². The van der Waals surface area contributed by atoms with Crippen molar-refractivity contribution in [1.82, 2.24) is 0 Å². The summed E-state index contributed by atoms with van der Waals surface area (Å²) in [4.78, 5) is 0. The third-order valence-electron chi connectivity index (χ3n) is 5.68. The van der Waals surface area contributed by atoms with Gasteiger partial charge in [0.1, 0.15) is 5.60 Å². The fourth-order valence-electron chi connectivity index (χ4n) is 4.10. The average molecular weight is 357 g/mol. The van der Waals surface area contributed by atoms with Crippen molar-refractivity contribution < 1.29 is 5.11 Å². The highest BCUT2D eigenvalue weighted by atomic mass is 16.3. The normalized spacial score (nSPS) is 13.7. The molecular formula is C26H28O. The molecule has 1 heteroatoms. The quantitative estimate of drug-likeness (QED) is 0.374. The fraction of sp³-hybridized carbons (Fsp3) is 0.231. The highest BCUT2D eigenvalue weighted by Crippen LogP contribution is 2.49. The van der Waals surface area contributed by atoms with Gasteiger partial charge in [-0.1, -0.05) is 104 Å². The van der Waals surface area contributed by atoms with Gasteiger partial charge >= 0.3 is 0 Å². The Balaban J connectivity index is 2.24. The van der Waals surface area contributed by atoms with E-state index in [0.717, 1.165) is 36.0 Å². The summed E-state index contributed by atoms with van der Waals surface area (Å²) < 4.78 is 0. The Hall–Kier alpha value is -2.64. The van der Waals surface area contributed by atoms with Crippen LogP contribution in [-0.2, 0) is 11.0 Å². The lowest BCUT2D eigenvalue weighted by Gasteiger charge is -2.47. The molecule has 0 saturated heterocycles. The number of hydrogen-bond donors (Lipinski definition) is 1. The van der Waals surface area contributed by atoms with Gasteiger partial charge in [-0.05, 0) is 36.0 Å². The second-order valence-electron chi connectivity index (χ2n) is 7.32. The summed E-state index contributed by atoms with van der Waals surface area (Å²) in [7, 11) is 0. The summed E-state index contributed by atoms with van der Waals surface area (Å²) in [6.45, 7) is 6.05. The standard InChI is InChI=1S/C26H28O/c1-3-4-14-21-25(2,22-15-8-5-9-16-22)26(27,23-17-10-6-11-18-23)24-19-12-7-13-20-24/h3,5-13,15-20,27H,1,4,14,21H2,2H3. The molecule has 1 N–H and O–H groups in total. The maximum absolute atomic E-state index is 12.4. The number of hydrogen-bond acceptors (Lipinski definition) is 1. The van der Waals surface area contributed by atoms with E-state index in [1.807, 2.05) is 72.8 Å². The second-order valence-corrected chi connectivity index (χ2v) is 7.32. The van der Waals surface area contributed by atoms with Crippen LogP contribution < -0.4 is 0 Å². The van der Waals surface area contributed by atoms with Gasteiger partial charge in [-0.25, -0.2) is 0 Å². The van der Waals surface area contributed by atoms with Crippen molar-refractivity contribution >= 4 is 0 Å². The van der Waals surface area contributed by atoms with Gasteiger partial charge < -0.3 is 5.11 Å². The van der Waals surface area contributed by atoms with E-state index in [-0.39, 0.29) is 0 Å². The SMILES string of the molecule is C=CCCCC(C)(c1ccccc1)C(O)(c1ccccc1)c1ccccc1. The third kappa shape index (κ3) is 3.61. The summed E-state index contributed by atoms with van der Waals surface area (Å²) in [5, 5.41) is 12.4. The Bertz CT molecular complexity index is 800. The van der Waals surface area contributed by atoms with Crippen molar-refractivity contribution in [3.63, 3.8) is 0 Å². The third-order valence-corrected chi connectivity index (χ3v) is 5.68. The molecule has 3 rings (SSSR count). The molecule has 0 heterocycles. The molecule has 0 spiro atoms. The molecule has 27 heavy (non-hydrogen) atoms. The summed E-state index contributed by atoms with van der Waals surface area (Å²) in [6.07, 6.45) is 4.71. The lowest BCUT2D eigenvalue weighted by Crippen LogP contribution is -2.48. The van der Waals surface area contributed by atoms with Crippen molar-refractivity contribution in [3.05, 3.63) is 120 Å². The minimum absolute atomic E-state index is 0.486. The Morgan fingerprint density at radius 1 is 0.741 bits per heavy atom. The van der Waals surface area contributed by atoms with E-state index in [4.69, 9.17) is 0 Å². The Morgan fingerprint density at radius 3 is 1.56 bits per heavy atom. The highest BCUT2D eigenvalue weighted by Gasteiger charge is 2.49. The van der Waals surface area contributed by atoms with Gasteiger partial charge in [-0.3, -0.25) is 0 Å². The molecule has 0 bridgehead atoms. The molecule has 1 unspecified atom stereocenters. The highest BCUT2D eigenvalue weighted by molar-refractivity contribution is 5.45. The van der Waals surface area contributed by atoms with E-state index in [1.54, 1.807) is 0 Å². The first-order chi connectivity index (χ1) is 13.1. The molecule has 3 aromatic rings. The van der Waals surface area contributed by atoms with Gasteiger partial charge in [0.15, 0.2) is 0 Å². The van der Waals surface area contributed by atoms with Crippen LogP contribution in [0.15, 0.2) is 104 Å². The van der Waals surface area contributed by atoms with Gasteiger partial charge in [0.2, 0.25) is 0 Å². The Labute approximate surface area is 163 Å². The minimum atomic E-state index is -1.14. The van der Waals surface area contributed by atoms with Crippen molar-refractivity contribution in [3.8, 4) is 0 Å². The Morgan fingerprint density at radius 2 is 1.15 bits per heavy atom. The molecule has 0 fully saturated rings. The van der Waals surface area contributed by atoms with Gasteiger partial charge in [0.25, 0.3) is 0 Å². The molecular weight excluding hydrogens is 328 g/mol. The molecule has 138 valence electrons. The van der Waals surface area contributed by atoms with Crippen LogP contribution >= 0.6 is 0 Å². The van der Waals surface area contributed by atoms with E-state index in [2.05, 4.69) is 37.8 Å². The summed E-state index contributed by atoms with van der Waals surface area (Å²) >= 11 is 0. The molecule has 0 amide bonds. The second kappa shape index (κ2) is 8.37. The van der Waals surface area contributed by atoms with Crippen LogP contribution in [0, 0.1) is 0 Å². The van der Waals surface area contributed by atoms with Crippen molar-refractivity contribution in [1.29, 1.82) is 0 Å². The lowest BCUT2D eigenvalue weighted by molar-refractivity contribution is -0.00576. The number of allylic oxidation sites excluding steroid dienone is 1. The molecule has 1 atom stereocenters. The first kappa shape index (κ1) is 19.1. The number of benzene rings is 3. The number of unbranched alkanes of at least 4 members (excludes halogenated alkanes) is 1. The summed E-state index contributed by atoms with van der Waals surface area (Å²) in [5.74, 6) is 0. The van der Waals surface area contributed by atoms with E-state index in [9.17, 15) is 5.11 Å². The van der Waals surface area contributed by atoms with Gasteiger partial charge in [0, 0.05) is 5.41 Å². The molecule has 3 aromatic carbocycles. The Kier molecular flexibility index (Phi) is 5.93. The van der Waals surface area contributed by atoms with Gasteiger partial charge in [-0.2, -0.15) is 0 Å². The smallest absolute Gasteiger partial charge is 0.124 e. The predicted molar refractivity (Wildman–Crippen MR) is 114 cm³/mol. The van der Waals surface area contributed by atoms with Crippen LogP contribution in [0.3, 0.4) is 0 Å². The number of rotatable bonds is 8. The van der Waals surface area contributed by atoms with E-state index < -0.39 is 11.0 Å². The maximum atomic E-state index is 12.4. The predicted octanol–water partition coefficient (Wildman–Crippen LogP) is 6.24. The van der Waals surface area contributed by atoms with Crippen LogP contribution in [0.1, 0.15) is 42.9 Å². The first-order valence-electron chi connectivity index (χ1n) is 9.63. The molecule has 0 aliphatic heterocycles. The minimum Gasteiger partial charge on any atom is -0.379 e. The molecule has 0 saturated carbocycles. The monoisotopic (exact) mass is 356 g/mol. The molecule has 0 aliphatic carbocycles. The fourth-order valence-corrected chi connectivity index (χ4v) is 4.10. The summed E-state index contributed by atoms with van der Waals surface area (Å²) in [6, 6.07) is 30.5. The van der Waals surface area contributed by atoms with Crippen molar-refractivity contribution in [2.45, 2.75) is 37.2 Å². The molecule has 0 aliphatic rings. The zero-order chi connectivity index (χ0) is 19.2. The lowest BCUT2D eigenvalue weighted by atomic mass is 9.60. The van der Waals surface area contributed by atoms with Crippen LogP contribution in [0.2, 0.25) is 0 Å². The van der Waals surface area contributed by atoms with E-state index in [0.29, 0.717) is 0 Å². The van der Waals surface area contributed by atoms with Crippen LogP contribution in [0.25, 0.3) is 0 Å². The van der Waals surface area contributed by atoms with Gasteiger partial charge in [-0.15, -0.1) is 6.58 Å². The zero-order valence-electron chi connectivity index (χ0n) is 16.0. The average Bonchev–Trinajstić information content (AvgIpc) is 2.75. The van der Waals surface area contributed by atoms with Crippen LogP contribution in [0.4, 0.5) is 0 Å². The molecule has 1 nitrogen and oxygen atoms in total. The van der Waals surface area contributed by atoms with E-state index >= 15 is 0 Å². The van der Waals surface area contributed by atoms with Gasteiger partial charge in [0.05, 0.1) is 0 Å². The molecule has 0 radical (unpaired) electrons. The van der Waals surface area contributed by atoms with Crippen LogP contribution in [-0.4, -0.2) is 5.11 Å². The van der Waals surface area contributed by atoms with Crippen molar-refractivity contribution in [2.75, 3.05) is 0 Å². The zero-order valence-corrected chi connectivity index (χ0v) is 16.0. The molecule has 0 aromatic heterocycles. The number of aliphatic hydroxyl groups is 1. The van der Waals surface area contributed by atoms with E-state index in [1.165, 1.54) is 0 Å². The first-order valence-corrected chi connectivity index (χ1v) is 9.63. The largest absolute Gasteiger partial charge is 0.379 e. The summed E-state index contributed by atoms with van der Waals surface area (Å²) in [5.41, 5.74) is 1.35.